The van der Waals surface area contributed by atoms with Crippen LogP contribution in [0.3, 0.4) is 0 Å². The Balaban J connectivity index is 1.45. The lowest BCUT2D eigenvalue weighted by molar-refractivity contribution is -0.127. The van der Waals surface area contributed by atoms with Gasteiger partial charge in [-0.05, 0) is 52.0 Å². The zero-order valence-electron chi connectivity index (χ0n) is 21.4. The third kappa shape index (κ3) is 4.62. The van der Waals surface area contributed by atoms with Crippen LogP contribution in [-0.4, -0.2) is 73.2 Å². The predicted octanol–water partition coefficient (Wildman–Crippen LogP) is 5.11. The molecule has 2 fully saturated rings. The first-order valence-corrected chi connectivity index (χ1v) is 13.2. The second-order valence-electron chi connectivity index (χ2n) is 10.6. The molecule has 2 atom stereocenters. The quantitative estimate of drug-likeness (QED) is 0.481. The van der Waals surface area contributed by atoms with Gasteiger partial charge in [-0.25, -0.2) is 9.78 Å². The summed E-state index contributed by atoms with van der Waals surface area (Å²) in [6.45, 7) is 10.2. The summed E-state index contributed by atoms with van der Waals surface area (Å²) < 4.78 is 2.14. The van der Waals surface area contributed by atoms with Gasteiger partial charge >= 0.3 is 6.03 Å². The number of urea groups is 1. The van der Waals surface area contributed by atoms with Crippen molar-refractivity contribution in [3.63, 3.8) is 0 Å². The number of benzene rings is 1. The van der Waals surface area contributed by atoms with Crippen LogP contribution in [0, 0.1) is 0 Å². The summed E-state index contributed by atoms with van der Waals surface area (Å²) in [5, 5.41) is 0.694. The van der Waals surface area contributed by atoms with E-state index in [0.717, 1.165) is 22.6 Å². The lowest BCUT2D eigenvalue weighted by Gasteiger charge is -2.51. The molecule has 2 saturated heterocycles. The van der Waals surface area contributed by atoms with E-state index in [1.54, 1.807) is 0 Å². The van der Waals surface area contributed by atoms with Gasteiger partial charge in [0.05, 0.1) is 23.5 Å². The molecule has 0 spiro atoms. The number of piperidine rings is 1. The number of piperazine rings is 1. The number of imidazole rings is 1. The number of nitrogens with zero attached hydrogens (tertiary/aromatic N) is 5. The van der Waals surface area contributed by atoms with Crippen molar-refractivity contribution in [2.24, 2.45) is 0 Å². The molecule has 4 heterocycles. The topological polar surface area (TPSA) is 61.2 Å². The molecule has 0 aliphatic carbocycles. The van der Waals surface area contributed by atoms with E-state index in [1.807, 2.05) is 58.5 Å². The number of amides is 2. The molecule has 5 rings (SSSR count). The second kappa shape index (κ2) is 9.87. The van der Waals surface area contributed by atoms with E-state index in [0.29, 0.717) is 37.5 Å². The van der Waals surface area contributed by atoms with Gasteiger partial charge < -0.3 is 14.2 Å². The average molecular weight is 508 g/mol. The van der Waals surface area contributed by atoms with Crippen LogP contribution in [0.2, 0.25) is 5.02 Å². The van der Waals surface area contributed by atoms with Crippen LogP contribution in [0.25, 0.3) is 16.9 Å². The highest BCUT2D eigenvalue weighted by molar-refractivity contribution is 6.30. The third-order valence-corrected chi connectivity index (χ3v) is 7.58. The first-order valence-electron chi connectivity index (χ1n) is 12.8. The van der Waals surface area contributed by atoms with Gasteiger partial charge in [-0.1, -0.05) is 29.8 Å². The monoisotopic (exact) mass is 507 g/mol. The van der Waals surface area contributed by atoms with Crippen molar-refractivity contribution in [1.29, 1.82) is 0 Å². The van der Waals surface area contributed by atoms with E-state index >= 15 is 0 Å². The van der Waals surface area contributed by atoms with Gasteiger partial charge in [-0.15, -0.1) is 0 Å². The molecule has 2 aromatic heterocycles. The molecule has 190 valence electrons. The van der Waals surface area contributed by atoms with Gasteiger partial charge in [0.2, 0.25) is 0 Å². The third-order valence-electron chi connectivity index (χ3n) is 7.33. The maximum Gasteiger partial charge on any atom is 0.321 e. The number of carbonyl (C=O) groups is 2. The number of carbonyl (C=O) groups excluding carboxylic acids is 2. The second-order valence-corrected chi connectivity index (χ2v) is 11.0. The van der Waals surface area contributed by atoms with Gasteiger partial charge in [0.25, 0.3) is 0 Å². The maximum atomic E-state index is 13.7. The zero-order valence-corrected chi connectivity index (χ0v) is 22.2. The molecule has 0 N–H and O–H groups in total. The largest absolute Gasteiger partial charge is 0.321 e. The smallest absolute Gasteiger partial charge is 0.320 e. The normalized spacial score (nSPS) is 20.5. The lowest BCUT2D eigenvalue weighted by Crippen LogP contribution is -2.67. The van der Waals surface area contributed by atoms with E-state index in [2.05, 4.69) is 37.0 Å². The molecule has 2 amide bonds. The van der Waals surface area contributed by atoms with Crippen LogP contribution in [0.15, 0.2) is 48.7 Å². The number of hydrogen-bond acceptors (Lipinski definition) is 4. The first kappa shape index (κ1) is 24.8. The highest BCUT2D eigenvalue weighted by atomic mass is 35.5. The molecule has 3 aromatic rings. The van der Waals surface area contributed by atoms with Crippen molar-refractivity contribution < 1.29 is 9.59 Å². The van der Waals surface area contributed by atoms with Crippen LogP contribution in [0.5, 0.6) is 0 Å². The van der Waals surface area contributed by atoms with E-state index in [1.165, 1.54) is 0 Å². The highest BCUT2D eigenvalue weighted by Gasteiger charge is 2.45. The minimum absolute atomic E-state index is 0.0544. The van der Waals surface area contributed by atoms with E-state index in [4.69, 9.17) is 16.6 Å². The van der Waals surface area contributed by atoms with Crippen LogP contribution in [0.4, 0.5) is 4.79 Å². The fraction of sp³-hybridized carbons (Fsp3) is 0.464. The Bertz CT molecular complexity index is 1240. The van der Waals surface area contributed by atoms with Crippen molar-refractivity contribution in [3.8, 4) is 11.3 Å². The van der Waals surface area contributed by atoms with Crippen molar-refractivity contribution in [3.05, 3.63) is 59.4 Å². The molecular formula is C28H34ClN5O2. The molecule has 0 radical (unpaired) electrons. The first-order chi connectivity index (χ1) is 17.2. The minimum atomic E-state index is -0.115. The summed E-state index contributed by atoms with van der Waals surface area (Å²) in [6, 6.07) is 13.8. The van der Waals surface area contributed by atoms with Crippen LogP contribution in [0.1, 0.15) is 46.2 Å². The van der Waals surface area contributed by atoms with Crippen LogP contribution in [-0.2, 0) is 11.3 Å². The Morgan fingerprint density at radius 1 is 1.03 bits per heavy atom. The van der Waals surface area contributed by atoms with Crippen LogP contribution >= 0.6 is 11.6 Å². The van der Waals surface area contributed by atoms with Crippen molar-refractivity contribution in [2.45, 2.75) is 71.2 Å². The summed E-state index contributed by atoms with van der Waals surface area (Å²) in [5.41, 5.74) is 3.95. The number of halogens is 1. The molecule has 2 unspecified atom stereocenters. The number of fused-ring (bicyclic) bond motifs is 3. The maximum absolute atomic E-state index is 13.7. The molecule has 36 heavy (non-hydrogen) atoms. The zero-order chi connectivity index (χ0) is 25.6. The standard InChI is InChI=1S/C28H34ClN5O2/c1-18(2)33(19(3)4)28(36)34-22-13-24(35)14-23(34)16-31(15-22)17-25-27(20-8-10-21(29)11-9-20)30-26-7-5-6-12-32(25)26/h5-12,18-19,22-23H,13-17H2,1-4H3. The SMILES string of the molecule is CC(C)N(C(=O)N1C2CC(=O)CC1CN(Cc1c(-c3ccc(Cl)cc3)nc3ccccn13)C2)C(C)C. The van der Waals surface area contributed by atoms with E-state index in [9.17, 15) is 9.59 Å². The van der Waals surface area contributed by atoms with Gasteiger partial charge in [-0.2, -0.15) is 0 Å². The lowest BCUT2D eigenvalue weighted by atomic mass is 9.90. The average Bonchev–Trinajstić information content (AvgIpc) is 3.16. The van der Waals surface area contributed by atoms with Crippen LogP contribution < -0.4 is 0 Å². The predicted molar refractivity (Wildman–Crippen MR) is 142 cm³/mol. The number of hydrogen-bond donors (Lipinski definition) is 0. The fourth-order valence-corrected chi connectivity index (χ4v) is 6.07. The van der Waals surface area contributed by atoms with E-state index < -0.39 is 0 Å². The molecule has 2 aliphatic rings. The summed E-state index contributed by atoms with van der Waals surface area (Å²) in [7, 11) is 0. The molecule has 1 aromatic carbocycles. The van der Waals surface area contributed by atoms with Gasteiger partial charge in [0.15, 0.2) is 0 Å². The molecule has 8 heteroatoms. The highest BCUT2D eigenvalue weighted by Crippen LogP contribution is 2.32. The summed E-state index contributed by atoms with van der Waals surface area (Å²) in [6.07, 6.45) is 2.88. The Morgan fingerprint density at radius 2 is 1.67 bits per heavy atom. The van der Waals surface area contributed by atoms with E-state index in [-0.39, 0.29) is 36.0 Å². The number of likely N-dealkylation sites (tertiary alicyclic amines) is 1. The van der Waals surface area contributed by atoms with Gasteiger partial charge in [0.1, 0.15) is 11.4 Å². The summed E-state index contributed by atoms with van der Waals surface area (Å²) in [4.78, 5) is 37.5. The molecular weight excluding hydrogens is 474 g/mol. The Kier molecular flexibility index (Phi) is 6.79. The molecule has 2 aliphatic heterocycles. The van der Waals surface area contributed by atoms with Crippen molar-refractivity contribution >= 4 is 29.1 Å². The van der Waals surface area contributed by atoms with Gasteiger partial charge in [0, 0.05) is 61.3 Å². The number of Topliss-reactive ketones (excluding diaryl/α,β-unsaturated/α-hetero) is 1. The molecule has 2 bridgehead atoms. The minimum Gasteiger partial charge on any atom is -0.320 e. The van der Waals surface area contributed by atoms with Gasteiger partial charge in [-0.3, -0.25) is 9.69 Å². The Morgan fingerprint density at radius 3 is 2.28 bits per heavy atom. The fourth-order valence-electron chi connectivity index (χ4n) is 5.94. The molecule has 7 nitrogen and oxygen atoms in total. The molecule has 0 saturated carbocycles. The number of rotatable bonds is 5. The number of ketones is 1. The number of aromatic nitrogens is 2. The number of pyridine rings is 1. The Labute approximate surface area is 217 Å². The summed E-state index contributed by atoms with van der Waals surface area (Å²) in [5.74, 6) is 0.256. The van der Waals surface area contributed by atoms with Crippen molar-refractivity contribution in [1.82, 2.24) is 24.1 Å². The van der Waals surface area contributed by atoms with Crippen molar-refractivity contribution in [2.75, 3.05) is 13.1 Å². The summed E-state index contributed by atoms with van der Waals surface area (Å²) >= 11 is 6.14. The Hall–Kier alpha value is -2.90.